The molecule has 2 unspecified atom stereocenters. The Morgan fingerprint density at radius 2 is 2.20 bits per heavy atom. The van der Waals surface area contributed by atoms with E-state index in [0.29, 0.717) is 5.52 Å². The second-order valence-electron chi connectivity index (χ2n) is 4.99. The molecule has 1 aromatic heterocycles. The molecule has 0 aliphatic rings. The lowest BCUT2D eigenvalue weighted by Gasteiger charge is -2.21. The molecule has 0 saturated heterocycles. The van der Waals surface area contributed by atoms with Crippen LogP contribution in [0.25, 0.3) is 10.2 Å². The molecule has 2 rings (SSSR count). The van der Waals surface area contributed by atoms with Gasteiger partial charge < -0.3 is 5.32 Å². The van der Waals surface area contributed by atoms with E-state index in [4.69, 9.17) is 0 Å². The SMILES string of the molecule is CCCNC(C)C(C)c1ccc2scnc2c1[N+](=O)[O-]. The summed E-state index contributed by atoms with van der Waals surface area (Å²) in [4.78, 5) is 15.3. The highest BCUT2D eigenvalue weighted by molar-refractivity contribution is 7.16. The third kappa shape index (κ3) is 2.81. The fourth-order valence-corrected chi connectivity index (χ4v) is 2.99. The van der Waals surface area contributed by atoms with Crippen LogP contribution in [0.1, 0.15) is 38.7 Å². The van der Waals surface area contributed by atoms with Crippen molar-refractivity contribution in [2.24, 2.45) is 0 Å². The molecule has 20 heavy (non-hydrogen) atoms. The Balaban J connectivity index is 2.42. The summed E-state index contributed by atoms with van der Waals surface area (Å²) in [6, 6.07) is 3.98. The van der Waals surface area contributed by atoms with E-state index in [9.17, 15) is 10.1 Å². The van der Waals surface area contributed by atoms with E-state index in [1.165, 1.54) is 11.3 Å². The van der Waals surface area contributed by atoms with Crippen LogP contribution in [0.15, 0.2) is 17.6 Å². The summed E-state index contributed by atoms with van der Waals surface area (Å²) >= 11 is 1.43. The van der Waals surface area contributed by atoms with Crippen LogP contribution in [0.3, 0.4) is 0 Å². The number of nitro groups is 1. The Morgan fingerprint density at radius 3 is 2.85 bits per heavy atom. The molecule has 6 heteroatoms. The van der Waals surface area contributed by atoms with Crippen molar-refractivity contribution in [2.75, 3.05) is 6.54 Å². The molecule has 0 aliphatic heterocycles. The number of thiazole rings is 1. The first-order valence-electron chi connectivity index (χ1n) is 6.80. The highest BCUT2D eigenvalue weighted by atomic mass is 32.1. The lowest BCUT2D eigenvalue weighted by atomic mass is 9.92. The molecule has 0 spiro atoms. The number of rotatable bonds is 6. The van der Waals surface area contributed by atoms with Gasteiger partial charge >= 0.3 is 0 Å². The molecule has 1 aromatic carbocycles. The first-order chi connectivity index (χ1) is 9.56. The zero-order chi connectivity index (χ0) is 14.7. The van der Waals surface area contributed by atoms with Crippen LogP contribution in [0.5, 0.6) is 0 Å². The normalized spacial score (nSPS) is 14.3. The quantitative estimate of drug-likeness (QED) is 0.651. The fraction of sp³-hybridized carbons (Fsp3) is 0.500. The van der Waals surface area contributed by atoms with Crippen molar-refractivity contribution in [3.63, 3.8) is 0 Å². The molecule has 1 N–H and O–H groups in total. The van der Waals surface area contributed by atoms with Crippen LogP contribution in [0.4, 0.5) is 5.69 Å². The standard InChI is InChI=1S/C14H19N3O2S/c1-4-7-15-10(3)9(2)11-5-6-12-13(16-8-20-12)14(11)17(18)19/h5-6,8-10,15H,4,7H2,1-3H3. The molecule has 0 amide bonds. The molecular formula is C14H19N3O2S. The number of nitrogens with zero attached hydrogens (tertiary/aromatic N) is 2. The van der Waals surface area contributed by atoms with Crippen molar-refractivity contribution >= 4 is 27.2 Å². The minimum Gasteiger partial charge on any atom is -0.314 e. The summed E-state index contributed by atoms with van der Waals surface area (Å²) in [7, 11) is 0. The molecule has 5 nitrogen and oxygen atoms in total. The van der Waals surface area contributed by atoms with Gasteiger partial charge in [-0.1, -0.05) is 19.9 Å². The maximum absolute atomic E-state index is 11.4. The minimum absolute atomic E-state index is 0.0630. The minimum atomic E-state index is -0.305. The number of nitrogens with one attached hydrogen (secondary N) is 1. The Bertz CT molecular complexity index is 611. The van der Waals surface area contributed by atoms with Gasteiger partial charge in [-0.3, -0.25) is 10.1 Å². The maximum Gasteiger partial charge on any atom is 0.299 e. The van der Waals surface area contributed by atoms with Gasteiger partial charge in [0.15, 0.2) is 5.52 Å². The van der Waals surface area contributed by atoms with Crippen LogP contribution in [-0.4, -0.2) is 22.5 Å². The third-order valence-electron chi connectivity index (χ3n) is 3.65. The van der Waals surface area contributed by atoms with E-state index in [0.717, 1.165) is 23.2 Å². The van der Waals surface area contributed by atoms with Gasteiger partial charge in [0, 0.05) is 17.5 Å². The Labute approximate surface area is 122 Å². The van der Waals surface area contributed by atoms with Gasteiger partial charge in [0.25, 0.3) is 5.69 Å². The van der Waals surface area contributed by atoms with E-state index in [1.807, 2.05) is 19.1 Å². The Kier molecular flexibility index (Phi) is 4.67. The van der Waals surface area contributed by atoms with Gasteiger partial charge in [-0.25, -0.2) is 4.98 Å². The number of benzene rings is 1. The van der Waals surface area contributed by atoms with Gasteiger partial charge in [0.2, 0.25) is 0 Å². The molecular weight excluding hydrogens is 274 g/mol. The van der Waals surface area contributed by atoms with Crippen molar-refractivity contribution < 1.29 is 4.92 Å². The van der Waals surface area contributed by atoms with Crippen molar-refractivity contribution in [1.82, 2.24) is 10.3 Å². The lowest BCUT2D eigenvalue weighted by Crippen LogP contribution is -2.31. The largest absolute Gasteiger partial charge is 0.314 e. The van der Waals surface area contributed by atoms with Crippen molar-refractivity contribution in [2.45, 2.75) is 39.2 Å². The summed E-state index contributed by atoms with van der Waals surface area (Å²) in [5.41, 5.74) is 3.07. The highest BCUT2D eigenvalue weighted by Gasteiger charge is 2.26. The van der Waals surface area contributed by atoms with E-state index < -0.39 is 0 Å². The molecule has 1 heterocycles. The van der Waals surface area contributed by atoms with Gasteiger partial charge in [-0.15, -0.1) is 11.3 Å². The summed E-state index contributed by atoms with van der Waals surface area (Å²) in [5.74, 6) is 0.0630. The van der Waals surface area contributed by atoms with Gasteiger partial charge in [-0.2, -0.15) is 0 Å². The summed E-state index contributed by atoms with van der Waals surface area (Å²) in [6.07, 6.45) is 1.05. The smallest absolute Gasteiger partial charge is 0.299 e. The monoisotopic (exact) mass is 293 g/mol. The molecule has 0 radical (unpaired) electrons. The molecule has 0 fully saturated rings. The Morgan fingerprint density at radius 1 is 1.45 bits per heavy atom. The van der Waals surface area contributed by atoms with E-state index in [2.05, 4.69) is 24.1 Å². The second kappa shape index (κ2) is 6.28. The van der Waals surface area contributed by atoms with Crippen molar-refractivity contribution in [1.29, 1.82) is 0 Å². The average molecular weight is 293 g/mol. The zero-order valence-electron chi connectivity index (χ0n) is 11.9. The maximum atomic E-state index is 11.4. The number of hydrogen-bond acceptors (Lipinski definition) is 5. The Hall–Kier alpha value is -1.53. The highest BCUT2D eigenvalue weighted by Crippen LogP contribution is 2.36. The van der Waals surface area contributed by atoms with Crippen LogP contribution in [-0.2, 0) is 0 Å². The zero-order valence-corrected chi connectivity index (χ0v) is 12.7. The molecule has 0 bridgehead atoms. The fourth-order valence-electron chi connectivity index (χ4n) is 2.31. The average Bonchev–Trinajstić information content (AvgIpc) is 2.90. The van der Waals surface area contributed by atoms with Crippen LogP contribution >= 0.6 is 11.3 Å². The predicted molar refractivity (Wildman–Crippen MR) is 82.4 cm³/mol. The number of aromatic nitrogens is 1. The number of nitro benzene ring substituents is 1. The lowest BCUT2D eigenvalue weighted by molar-refractivity contribution is -0.384. The number of fused-ring (bicyclic) bond motifs is 1. The van der Waals surface area contributed by atoms with Crippen LogP contribution < -0.4 is 5.32 Å². The van der Waals surface area contributed by atoms with Crippen LogP contribution in [0.2, 0.25) is 0 Å². The van der Waals surface area contributed by atoms with E-state index >= 15 is 0 Å². The molecule has 2 atom stereocenters. The topological polar surface area (TPSA) is 68.1 Å². The number of hydrogen-bond donors (Lipinski definition) is 1. The summed E-state index contributed by atoms with van der Waals surface area (Å²) in [5, 5.41) is 14.8. The third-order valence-corrected chi connectivity index (χ3v) is 4.44. The van der Waals surface area contributed by atoms with Crippen molar-refractivity contribution in [3.8, 4) is 0 Å². The predicted octanol–water partition coefficient (Wildman–Crippen LogP) is 3.70. The summed E-state index contributed by atoms with van der Waals surface area (Å²) < 4.78 is 0.863. The first kappa shape index (κ1) is 14.9. The van der Waals surface area contributed by atoms with Gasteiger partial charge in [-0.05, 0) is 26.0 Å². The second-order valence-corrected chi connectivity index (χ2v) is 5.88. The van der Waals surface area contributed by atoms with Gasteiger partial charge in [0.1, 0.15) is 0 Å². The van der Waals surface area contributed by atoms with E-state index in [-0.39, 0.29) is 22.6 Å². The van der Waals surface area contributed by atoms with Crippen LogP contribution in [0, 0.1) is 10.1 Å². The first-order valence-corrected chi connectivity index (χ1v) is 7.68. The van der Waals surface area contributed by atoms with Crippen molar-refractivity contribution in [3.05, 3.63) is 33.3 Å². The molecule has 108 valence electrons. The molecule has 0 saturated carbocycles. The molecule has 2 aromatic rings. The molecule has 0 aliphatic carbocycles. The summed E-state index contributed by atoms with van der Waals surface area (Å²) in [6.45, 7) is 7.11. The van der Waals surface area contributed by atoms with Gasteiger partial charge in [0.05, 0.1) is 15.1 Å². The van der Waals surface area contributed by atoms with E-state index in [1.54, 1.807) is 5.51 Å².